The van der Waals surface area contributed by atoms with Crippen molar-refractivity contribution in [3.05, 3.63) is 29.8 Å². The summed E-state index contributed by atoms with van der Waals surface area (Å²) in [7, 11) is 3.48. The highest BCUT2D eigenvalue weighted by molar-refractivity contribution is 5.35. The van der Waals surface area contributed by atoms with Gasteiger partial charge in [0, 0.05) is 25.6 Å². The SMILES string of the molecule is COCCNCC1(c2cccc(OC)c2)CCCC1. The first-order valence-corrected chi connectivity index (χ1v) is 7.15. The molecule has 1 fully saturated rings. The highest BCUT2D eigenvalue weighted by Gasteiger charge is 2.35. The number of rotatable bonds is 7. The Morgan fingerprint density at radius 1 is 1.21 bits per heavy atom. The molecule has 0 aliphatic heterocycles. The number of ether oxygens (including phenoxy) is 2. The molecule has 2 rings (SSSR count). The topological polar surface area (TPSA) is 30.5 Å². The second kappa shape index (κ2) is 6.92. The van der Waals surface area contributed by atoms with Crippen molar-refractivity contribution >= 4 is 0 Å². The molecule has 1 aliphatic rings. The van der Waals surface area contributed by atoms with Crippen molar-refractivity contribution in [3.8, 4) is 5.75 Å². The number of hydrogen-bond donors (Lipinski definition) is 1. The van der Waals surface area contributed by atoms with E-state index in [9.17, 15) is 0 Å². The molecule has 1 aromatic carbocycles. The molecule has 0 bridgehead atoms. The van der Waals surface area contributed by atoms with Gasteiger partial charge in [-0.2, -0.15) is 0 Å². The summed E-state index contributed by atoms with van der Waals surface area (Å²) in [5.41, 5.74) is 1.69. The minimum absolute atomic E-state index is 0.280. The van der Waals surface area contributed by atoms with Crippen LogP contribution in [-0.2, 0) is 10.2 Å². The van der Waals surface area contributed by atoms with Crippen molar-refractivity contribution in [2.24, 2.45) is 0 Å². The standard InChI is InChI=1S/C16H25NO2/c1-18-11-10-17-13-16(8-3-4-9-16)14-6-5-7-15(12-14)19-2/h5-7,12,17H,3-4,8-11,13H2,1-2H3. The Bertz CT molecular complexity index is 386. The maximum Gasteiger partial charge on any atom is 0.119 e. The van der Waals surface area contributed by atoms with Gasteiger partial charge in [-0.3, -0.25) is 0 Å². The van der Waals surface area contributed by atoms with Gasteiger partial charge in [0.05, 0.1) is 13.7 Å². The number of nitrogens with one attached hydrogen (secondary N) is 1. The molecule has 19 heavy (non-hydrogen) atoms. The Morgan fingerprint density at radius 2 is 2.00 bits per heavy atom. The van der Waals surface area contributed by atoms with Crippen LogP contribution in [0.3, 0.4) is 0 Å². The molecule has 1 aromatic rings. The first-order valence-electron chi connectivity index (χ1n) is 7.15. The fourth-order valence-corrected chi connectivity index (χ4v) is 3.07. The first kappa shape index (κ1) is 14.4. The van der Waals surface area contributed by atoms with Crippen LogP contribution in [0.1, 0.15) is 31.2 Å². The molecule has 0 radical (unpaired) electrons. The lowest BCUT2D eigenvalue weighted by molar-refractivity contribution is 0.196. The largest absolute Gasteiger partial charge is 0.497 e. The summed E-state index contributed by atoms with van der Waals surface area (Å²) in [5, 5.41) is 3.54. The Balaban J connectivity index is 2.09. The number of hydrogen-bond acceptors (Lipinski definition) is 3. The van der Waals surface area contributed by atoms with Crippen molar-refractivity contribution in [1.29, 1.82) is 0 Å². The molecule has 0 heterocycles. The Labute approximate surface area is 116 Å². The van der Waals surface area contributed by atoms with Gasteiger partial charge < -0.3 is 14.8 Å². The van der Waals surface area contributed by atoms with Crippen molar-refractivity contribution < 1.29 is 9.47 Å². The summed E-state index contributed by atoms with van der Waals surface area (Å²) in [6.45, 7) is 2.72. The van der Waals surface area contributed by atoms with Gasteiger partial charge >= 0.3 is 0 Å². The van der Waals surface area contributed by atoms with Crippen LogP contribution in [0.4, 0.5) is 0 Å². The molecule has 1 aliphatic carbocycles. The zero-order valence-electron chi connectivity index (χ0n) is 12.1. The molecule has 106 valence electrons. The summed E-state index contributed by atoms with van der Waals surface area (Å²) < 4.78 is 10.5. The average molecular weight is 263 g/mol. The van der Waals surface area contributed by atoms with Crippen LogP contribution >= 0.6 is 0 Å². The Kier molecular flexibility index (Phi) is 5.23. The predicted molar refractivity (Wildman–Crippen MR) is 77.9 cm³/mol. The fraction of sp³-hybridized carbons (Fsp3) is 0.625. The lowest BCUT2D eigenvalue weighted by Gasteiger charge is -2.30. The maximum atomic E-state index is 5.36. The van der Waals surface area contributed by atoms with Gasteiger partial charge in [0.1, 0.15) is 5.75 Å². The normalized spacial score (nSPS) is 17.6. The van der Waals surface area contributed by atoms with Gasteiger partial charge in [-0.1, -0.05) is 25.0 Å². The third-order valence-corrected chi connectivity index (χ3v) is 4.19. The van der Waals surface area contributed by atoms with E-state index < -0.39 is 0 Å². The predicted octanol–water partition coefficient (Wildman–Crippen LogP) is 2.74. The van der Waals surface area contributed by atoms with Crippen LogP contribution in [0.15, 0.2) is 24.3 Å². The summed E-state index contributed by atoms with van der Waals surface area (Å²) in [4.78, 5) is 0. The second-order valence-electron chi connectivity index (χ2n) is 5.39. The van der Waals surface area contributed by atoms with Crippen LogP contribution in [0.2, 0.25) is 0 Å². The highest BCUT2D eigenvalue weighted by Crippen LogP contribution is 2.41. The average Bonchev–Trinajstić information content (AvgIpc) is 2.94. The number of methoxy groups -OCH3 is 2. The molecule has 1 saturated carbocycles. The molecule has 3 nitrogen and oxygen atoms in total. The lowest BCUT2D eigenvalue weighted by atomic mass is 9.78. The van der Waals surface area contributed by atoms with Crippen molar-refractivity contribution in [3.63, 3.8) is 0 Å². The quantitative estimate of drug-likeness (QED) is 0.767. The molecule has 0 atom stereocenters. The van der Waals surface area contributed by atoms with Gasteiger partial charge in [-0.25, -0.2) is 0 Å². The van der Waals surface area contributed by atoms with E-state index in [0.717, 1.165) is 25.4 Å². The van der Waals surface area contributed by atoms with Crippen molar-refractivity contribution in [2.45, 2.75) is 31.1 Å². The van der Waals surface area contributed by atoms with E-state index in [1.54, 1.807) is 14.2 Å². The lowest BCUT2D eigenvalue weighted by Crippen LogP contribution is -2.37. The zero-order valence-corrected chi connectivity index (χ0v) is 12.1. The van der Waals surface area contributed by atoms with Gasteiger partial charge in [-0.05, 0) is 30.5 Å². The molecule has 0 amide bonds. The summed E-state index contributed by atoms with van der Waals surface area (Å²) >= 11 is 0. The van der Waals surface area contributed by atoms with Gasteiger partial charge in [0.2, 0.25) is 0 Å². The second-order valence-corrected chi connectivity index (χ2v) is 5.39. The van der Waals surface area contributed by atoms with E-state index in [-0.39, 0.29) is 5.41 Å². The van der Waals surface area contributed by atoms with E-state index >= 15 is 0 Å². The first-order chi connectivity index (χ1) is 9.30. The smallest absolute Gasteiger partial charge is 0.119 e. The summed E-state index contributed by atoms with van der Waals surface area (Å²) in [5.74, 6) is 0.959. The van der Waals surface area contributed by atoms with Crippen LogP contribution in [0.5, 0.6) is 5.75 Å². The van der Waals surface area contributed by atoms with Crippen LogP contribution < -0.4 is 10.1 Å². The molecule has 0 aromatic heterocycles. The third-order valence-electron chi connectivity index (χ3n) is 4.19. The number of benzene rings is 1. The molecule has 0 spiro atoms. The summed E-state index contributed by atoms with van der Waals surface area (Å²) in [6, 6.07) is 8.56. The minimum Gasteiger partial charge on any atom is -0.497 e. The van der Waals surface area contributed by atoms with Crippen molar-refractivity contribution in [1.82, 2.24) is 5.32 Å². The van der Waals surface area contributed by atoms with E-state index in [0.29, 0.717) is 0 Å². The summed E-state index contributed by atoms with van der Waals surface area (Å²) in [6.07, 6.45) is 5.17. The molecule has 0 saturated heterocycles. The van der Waals surface area contributed by atoms with E-state index in [4.69, 9.17) is 9.47 Å². The highest BCUT2D eigenvalue weighted by atomic mass is 16.5. The molecular weight excluding hydrogens is 238 g/mol. The zero-order chi connectivity index (χ0) is 13.6. The van der Waals surface area contributed by atoms with Gasteiger partial charge in [-0.15, -0.1) is 0 Å². The van der Waals surface area contributed by atoms with Crippen molar-refractivity contribution in [2.75, 3.05) is 33.9 Å². The van der Waals surface area contributed by atoms with Crippen LogP contribution in [-0.4, -0.2) is 33.9 Å². The van der Waals surface area contributed by atoms with Gasteiger partial charge in [0.15, 0.2) is 0 Å². The molecule has 0 unspecified atom stereocenters. The Morgan fingerprint density at radius 3 is 2.68 bits per heavy atom. The maximum absolute atomic E-state index is 5.36. The van der Waals surface area contributed by atoms with E-state index in [1.165, 1.54) is 31.2 Å². The third kappa shape index (κ3) is 3.48. The Hall–Kier alpha value is -1.06. The van der Waals surface area contributed by atoms with Crippen LogP contribution in [0.25, 0.3) is 0 Å². The molecular formula is C16H25NO2. The fourth-order valence-electron chi connectivity index (χ4n) is 3.07. The van der Waals surface area contributed by atoms with E-state index in [2.05, 4.69) is 23.5 Å². The van der Waals surface area contributed by atoms with Crippen LogP contribution in [0, 0.1) is 0 Å². The van der Waals surface area contributed by atoms with Gasteiger partial charge in [0.25, 0.3) is 0 Å². The van der Waals surface area contributed by atoms with E-state index in [1.807, 2.05) is 6.07 Å². The monoisotopic (exact) mass is 263 g/mol. The molecule has 1 N–H and O–H groups in total. The molecule has 3 heteroatoms. The minimum atomic E-state index is 0.280.